The fourth-order valence-electron chi connectivity index (χ4n) is 2.69. The molecule has 8 nitrogen and oxygen atoms in total. The summed E-state index contributed by atoms with van der Waals surface area (Å²) in [5.41, 5.74) is 0.553. The van der Waals surface area contributed by atoms with E-state index in [4.69, 9.17) is 14.6 Å². The first kappa shape index (κ1) is 19.6. The Morgan fingerprint density at radius 3 is 2.54 bits per heavy atom. The summed E-state index contributed by atoms with van der Waals surface area (Å²) in [5, 5.41) is 21.0. The molecule has 1 aliphatic rings. The minimum Gasteiger partial charge on any atom is -0.493 e. The number of ether oxygens (including phenoxy) is 2. The third-order valence-electron chi connectivity index (χ3n) is 4.14. The number of rotatable bonds is 7. The Balaban J connectivity index is 2.02. The third-order valence-corrected chi connectivity index (χ3v) is 4.14. The normalized spacial score (nSPS) is 15.3. The third kappa shape index (κ3) is 5.12. The van der Waals surface area contributed by atoms with Gasteiger partial charge in [0.05, 0.1) is 20.8 Å². The Labute approximate surface area is 153 Å². The predicted octanol–water partition coefficient (Wildman–Crippen LogP) is 0.660. The standard InChI is InChI=1S/C18H24N4O4/c1-25-16-4-3-15(11-17(16)26-2)20-18(24)14(12-19)13-22-7-5-21(6-8-22)9-10-23/h3-4,11,13,23H,5-10H2,1-2H3,(H,20,24)/b14-13-. The zero-order chi connectivity index (χ0) is 18.9. The molecule has 1 saturated heterocycles. The van der Waals surface area contributed by atoms with E-state index in [1.54, 1.807) is 24.4 Å². The van der Waals surface area contributed by atoms with Crippen LogP contribution in [0.1, 0.15) is 0 Å². The molecule has 1 heterocycles. The molecule has 1 amide bonds. The molecule has 8 heteroatoms. The average Bonchev–Trinajstić information content (AvgIpc) is 2.67. The molecule has 0 unspecified atom stereocenters. The molecule has 0 aromatic heterocycles. The highest BCUT2D eigenvalue weighted by Crippen LogP contribution is 2.29. The summed E-state index contributed by atoms with van der Waals surface area (Å²) in [6, 6.07) is 6.96. The van der Waals surface area contributed by atoms with Gasteiger partial charge >= 0.3 is 0 Å². The van der Waals surface area contributed by atoms with Gasteiger partial charge < -0.3 is 24.8 Å². The number of methoxy groups -OCH3 is 2. The van der Waals surface area contributed by atoms with E-state index in [-0.39, 0.29) is 12.2 Å². The number of nitrogens with zero attached hydrogens (tertiary/aromatic N) is 3. The van der Waals surface area contributed by atoms with E-state index >= 15 is 0 Å². The van der Waals surface area contributed by atoms with Crippen molar-refractivity contribution in [1.29, 1.82) is 5.26 Å². The fourth-order valence-corrected chi connectivity index (χ4v) is 2.69. The lowest BCUT2D eigenvalue weighted by atomic mass is 10.2. The molecule has 0 aliphatic carbocycles. The van der Waals surface area contributed by atoms with Crippen LogP contribution in [0.4, 0.5) is 5.69 Å². The van der Waals surface area contributed by atoms with Gasteiger partial charge in [-0.15, -0.1) is 0 Å². The second-order valence-electron chi connectivity index (χ2n) is 5.78. The number of anilines is 1. The van der Waals surface area contributed by atoms with E-state index in [1.807, 2.05) is 11.0 Å². The largest absolute Gasteiger partial charge is 0.493 e. The maximum atomic E-state index is 12.4. The summed E-state index contributed by atoms with van der Waals surface area (Å²) >= 11 is 0. The van der Waals surface area contributed by atoms with E-state index in [0.717, 1.165) is 13.1 Å². The Morgan fingerprint density at radius 1 is 1.27 bits per heavy atom. The average molecular weight is 360 g/mol. The highest BCUT2D eigenvalue weighted by molar-refractivity contribution is 6.06. The molecule has 26 heavy (non-hydrogen) atoms. The van der Waals surface area contributed by atoms with Crippen molar-refractivity contribution in [3.63, 3.8) is 0 Å². The van der Waals surface area contributed by atoms with Gasteiger partial charge in [0.2, 0.25) is 0 Å². The molecule has 140 valence electrons. The van der Waals surface area contributed by atoms with Gasteiger partial charge in [0.25, 0.3) is 5.91 Å². The molecule has 1 fully saturated rings. The molecular weight excluding hydrogens is 336 g/mol. The van der Waals surface area contributed by atoms with Crippen LogP contribution < -0.4 is 14.8 Å². The molecular formula is C18H24N4O4. The SMILES string of the molecule is COc1ccc(NC(=O)/C(C#N)=C\N2CCN(CCO)CC2)cc1OC. The second kappa shape index (κ2) is 9.65. The predicted molar refractivity (Wildman–Crippen MR) is 97.0 cm³/mol. The van der Waals surface area contributed by atoms with Crippen LogP contribution in [0.3, 0.4) is 0 Å². The number of hydrogen-bond acceptors (Lipinski definition) is 7. The van der Waals surface area contributed by atoms with E-state index in [1.165, 1.54) is 14.2 Å². The number of piperazine rings is 1. The van der Waals surface area contributed by atoms with Gasteiger partial charge in [-0.3, -0.25) is 9.69 Å². The Morgan fingerprint density at radius 2 is 1.96 bits per heavy atom. The molecule has 2 N–H and O–H groups in total. The van der Waals surface area contributed by atoms with Gasteiger partial charge in [-0.25, -0.2) is 0 Å². The number of hydrogen-bond donors (Lipinski definition) is 2. The molecule has 1 aromatic carbocycles. The van der Waals surface area contributed by atoms with Gasteiger partial charge in [0.1, 0.15) is 11.6 Å². The van der Waals surface area contributed by atoms with Crippen LogP contribution in [0.25, 0.3) is 0 Å². The first-order valence-corrected chi connectivity index (χ1v) is 8.33. The summed E-state index contributed by atoms with van der Waals surface area (Å²) in [6.45, 7) is 3.75. The summed E-state index contributed by atoms with van der Waals surface area (Å²) in [7, 11) is 3.05. The first-order chi connectivity index (χ1) is 12.6. The number of nitriles is 1. The highest BCUT2D eigenvalue weighted by Gasteiger charge is 2.17. The maximum absolute atomic E-state index is 12.4. The zero-order valence-corrected chi connectivity index (χ0v) is 15.1. The van der Waals surface area contributed by atoms with Gasteiger partial charge in [-0.2, -0.15) is 5.26 Å². The molecule has 2 rings (SSSR count). The van der Waals surface area contributed by atoms with E-state index in [9.17, 15) is 10.1 Å². The quantitative estimate of drug-likeness (QED) is 0.544. The lowest BCUT2D eigenvalue weighted by Gasteiger charge is -2.33. The van der Waals surface area contributed by atoms with Crippen molar-refractivity contribution in [2.45, 2.75) is 0 Å². The van der Waals surface area contributed by atoms with Crippen LogP contribution in [0, 0.1) is 11.3 Å². The number of aliphatic hydroxyl groups excluding tert-OH is 1. The van der Waals surface area contributed by atoms with Crippen molar-refractivity contribution in [2.24, 2.45) is 0 Å². The topological polar surface area (TPSA) is 98.1 Å². The van der Waals surface area contributed by atoms with Crippen LogP contribution in [0.5, 0.6) is 11.5 Å². The second-order valence-corrected chi connectivity index (χ2v) is 5.78. The first-order valence-electron chi connectivity index (χ1n) is 8.33. The zero-order valence-electron chi connectivity index (χ0n) is 15.1. The number of nitrogens with one attached hydrogen (secondary N) is 1. The lowest BCUT2D eigenvalue weighted by molar-refractivity contribution is -0.112. The monoisotopic (exact) mass is 360 g/mol. The van der Waals surface area contributed by atoms with Crippen molar-refractivity contribution in [2.75, 3.05) is 58.9 Å². The number of amides is 1. The van der Waals surface area contributed by atoms with Gasteiger partial charge in [-0.05, 0) is 12.1 Å². The van der Waals surface area contributed by atoms with Gasteiger partial charge in [0, 0.05) is 50.7 Å². The van der Waals surface area contributed by atoms with Crippen LogP contribution in [-0.2, 0) is 4.79 Å². The minimum absolute atomic E-state index is 0.0374. The van der Waals surface area contributed by atoms with Crippen LogP contribution in [-0.4, -0.2) is 74.4 Å². The molecule has 0 atom stereocenters. The van der Waals surface area contributed by atoms with E-state index in [2.05, 4.69) is 10.2 Å². The lowest BCUT2D eigenvalue weighted by Crippen LogP contribution is -2.45. The molecule has 0 spiro atoms. The number of β-amino-alcohol motifs (C(OH)–C–C–N with tert-alkyl or cyclic N) is 1. The summed E-state index contributed by atoms with van der Waals surface area (Å²) in [4.78, 5) is 16.5. The molecule has 0 bridgehead atoms. The summed E-state index contributed by atoms with van der Waals surface area (Å²) in [5.74, 6) is 0.576. The Hall–Kier alpha value is -2.76. The summed E-state index contributed by atoms with van der Waals surface area (Å²) in [6.07, 6.45) is 1.59. The van der Waals surface area contributed by atoms with Crippen LogP contribution in [0.15, 0.2) is 30.0 Å². The molecule has 1 aliphatic heterocycles. The number of carbonyl (C=O) groups is 1. The Kier molecular flexibility index (Phi) is 7.26. The van der Waals surface area contributed by atoms with Crippen LogP contribution in [0.2, 0.25) is 0 Å². The summed E-state index contributed by atoms with van der Waals surface area (Å²) < 4.78 is 10.4. The van der Waals surface area contributed by atoms with Crippen molar-refractivity contribution >= 4 is 11.6 Å². The smallest absolute Gasteiger partial charge is 0.267 e. The minimum atomic E-state index is -0.475. The molecule has 1 aromatic rings. The van der Waals surface area contributed by atoms with E-state index in [0.29, 0.717) is 36.8 Å². The molecule has 0 saturated carbocycles. The van der Waals surface area contributed by atoms with Crippen molar-refractivity contribution in [3.8, 4) is 17.6 Å². The van der Waals surface area contributed by atoms with Crippen molar-refractivity contribution in [1.82, 2.24) is 9.80 Å². The maximum Gasteiger partial charge on any atom is 0.267 e. The molecule has 0 radical (unpaired) electrons. The van der Waals surface area contributed by atoms with E-state index < -0.39 is 5.91 Å². The van der Waals surface area contributed by atoms with Crippen molar-refractivity contribution < 1.29 is 19.4 Å². The van der Waals surface area contributed by atoms with Gasteiger partial charge in [-0.1, -0.05) is 0 Å². The van der Waals surface area contributed by atoms with Gasteiger partial charge in [0.15, 0.2) is 11.5 Å². The van der Waals surface area contributed by atoms with Crippen molar-refractivity contribution in [3.05, 3.63) is 30.0 Å². The van der Waals surface area contributed by atoms with Crippen LogP contribution >= 0.6 is 0 Å². The fraction of sp³-hybridized carbons (Fsp3) is 0.444. The number of carbonyl (C=O) groups excluding carboxylic acids is 1. The highest BCUT2D eigenvalue weighted by atomic mass is 16.5. The number of benzene rings is 1. The Bertz CT molecular complexity index is 691. The number of aliphatic hydroxyl groups is 1.